The summed E-state index contributed by atoms with van der Waals surface area (Å²) in [6, 6.07) is 8.22. The van der Waals surface area contributed by atoms with E-state index in [1.165, 1.54) is 24.3 Å². The molecule has 1 amide bonds. The van der Waals surface area contributed by atoms with Crippen LogP contribution in [-0.4, -0.2) is 41.4 Å². The number of carbonyl (C=O) groups is 1. The van der Waals surface area contributed by atoms with Crippen LogP contribution in [0.1, 0.15) is 18.4 Å². The van der Waals surface area contributed by atoms with Gasteiger partial charge in [0.2, 0.25) is 5.91 Å². The van der Waals surface area contributed by atoms with Crippen molar-refractivity contribution in [3.05, 3.63) is 46.0 Å². The monoisotopic (exact) mass is 314 g/mol. The van der Waals surface area contributed by atoms with E-state index in [0.717, 1.165) is 13.1 Å². The number of likely N-dealkylation sites (tertiary alicyclic amines) is 1. The predicted octanol–water partition coefficient (Wildman–Crippen LogP) is 1.71. The first kappa shape index (κ1) is 16.6. The summed E-state index contributed by atoms with van der Waals surface area (Å²) in [7, 11) is 1.98. The molecule has 1 aliphatic heterocycles. The second-order valence-electron chi connectivity index (χ2n) is 5.67. The highest BCUT2D eigenvalue weighted by molar-refractivity contribution is 5.92. The van der Waals surface area contributed by atoms with Crippen molar-refractivity contribution in [1.29, 1.82) is 5.26 Å². The number of nitriles is 1. The third kappa shape index (κ3) is 4.37. The van der Waals surface area contributed by atoms with Crippen LogP contribution in [0.15, 0.2) is 30.3 Å². The highest BCUT2D eigenvalue weighted by Crippen LogP contribution is 2.21. The number of carbonyl (C=O) groups excluding carboxylic acids is 1. The second kappa shape index (κ2) is 7.03. The van der Waals surface area contributed by atoms with E-state index in [0.29, 0.717) is 18.4 Å². The molecule has 0 unspecified atom stereocenters. The van der Waals surface area contributed by atoms with Crippen LogP contribution in [-0.2, 0) is 4.79 Å². The highest BCUT2D eigenvalue weighted by Gasteiger charge is 2.34. The van der Waals surface area contributed by atoms with Gasteiger partial charge in [0, 0.05) is 31.3 Å². The lowest BCUT2D eigenvalue weighted by molar-refractivity contribution is -0.384. The molecule has 0 radical (unpaired) electrons. The Morgan fingerprint density at radius 1 is 1.48 bits per heavy atom. The number of nitrogens with zero attached hydrogens (tertiary/aromatic N) is 3. The van der Waals surface area contributed by atoms with Gasteiger partial charge in [-0.25, -0.2) is 0 Å². The van der Waals surface area contributed by atoms with Crippen molar-refractivity contribution in [3.8, 4) is 6.07 Å². The van der Waals surface area contributed by atoms with Gasteiger partial charge in [0.25, 0.3) is 5.69 Å². The van der Waals surface area contributed by atoms with E-state index in [9.17, 15) is 20.2 Å². The molecule has 23 heavy (non-hydrogen) atoms. The van der Waals surface area contributed by atoms with Gasteiger partial charge in [-0.1, -0.05) is 12.1 Å². The summed E-state index contributed by atoms with van der Waals surface area (Å²) in [6.45, 7) is 1.50. The zero-order chi connectivity index (χ0) is 16.9. The predicted molar refractivity (Wildman–Crippen MR) is 85.3 cm³/mol. The first-order chi connectivity index (χ1) is 10.9. The number of nitro groups is 1. The molecule has 0 atom stereocenters. The Morgan fingerprint density at radius 2 is 2.17 bits per heavy atom. The minimum absolute atomic E-state index is 0.0311. The summed E-state index contributed by atoms with van der Waals surface area (Å²) >= 11 is 0. The van der Waals surface area contributed by atoms with Crippen molar-refractivity contribution in [1.82, 2.24) is 10.2 Å². The maximum Gasteiger partial charge on any atom is 0.270 e. The number of nitrogens with one attached hydrogen (secondary N) is 1. The van der Waals surface area contributed by atoms with Gasteiger partial charge in [0.15, 0.2) is 0 Å². The minimum Gasteiger partial charge on any atom is -0.334 e. The van der Waals surface area contributed by atoms with Crippen LogP contribution < -0.4 is 5.32 Å². The Morgan fingerprint density at radius 3 is 2.78 bits per heavy atom. The normalized spacial score (nSPS) is 17.6. The van der Waals surface area contributed by atoms with E-state index in [4.69, 9.17) is 0 Å². The molecule has 0 aromatic heterocycles. The smallest absolute Gasteiger partial charge is 0.270 e. The second-order valence-corrected chi connectivity index (χ2v) is 5.67. The van der Waals surface area contributed by atoms with Gasteiger partial charge < -0.3 is 10.2 Å². The van der Waals surface area contributed by atoms with Gasteiger partial charge in [-0.2, -0.15) is 5.26 Å². The maximum absolute atomic E-state index is 12.1. The van der Waals surface area contributed by atoms with Crippen LogP contribution in [0.4, 0.5) is 5.69 Å². The van der Waals surface area contributed by atoms with Gasteiger partial charge in [-0.3, -0.25) is 14.9 Å². The quantitative estimate of drug-likeness (QED) is 0.518. The number of hydrogen-bond donors (Lipinski definition) is 1. The molecule has 1 heterocycles. The first-order valence-corrected chi connectivity index (χ1v) is 7.29. The Bertz CT molecular complexity index is 670. The molecule has 7 nitrogen and oxygen atoms in total. The largest absolute Gasteiger partial charge is 0.334 e. The van der Waals surface area contributed by atoms with Gasteiger partial charge in [-0.05, 0) is 31.5 Å². The molecule has 0 bridgehead atoms. The van der Waals surface area contributed by atoms with Crippen molar-refractivity contribution < 1.29 is 9.72 Å². The summed E-state index contributed by atoms with van der Waals surface area (Å²) in [5.41, 5.74) is -0.309. The average molecular weight is 314 g/mol. The van der Waals surface area contributed by atoms with Crippen LogP contribution in [0.2, 0.25) is 0 Å². The topological polar surface area (TPSA) is 99.3 Å². The Balaban J connectivity index is 2.03. The molecular weight excluding hydrogens is 296 g/mol. The zero-order valence-electron chi connectivity index (χ0n) is 12.9. The summed E-state index contributed by atoms with van der Waals surface area (Å²) in [5, 5.41) is 22.9. The summed E-state index contributed by atoms with van der Waals surface area (Å²) < 4.78 is 0. The van der Waals surface area contributed by atoms with Gasteiger partial charge in [0.05, 0.1) is 11.0 Å². The van der Waals surface area contributed by atoms with Crippen LogP contribution >= 0.6 is 0 Å². The lowest BCUT2D eigenvalue weighted by Gasteiger charge is -2.35. The molecule has 1 aliphatic rings. The lowest BCUT2D eigenvalue weighted by atomic mass is 9.89. The molecule has 120 valence electrons. The molecule has 0 saturated carbocycles. The third-order valence-electron chi connectivity index (χ3n) is 3.93. The molecule has 1 aromatic rings. The van der Waals surface area contributed by atoms with Crippen molar-refractivity contribution in [2.75, 3.05) is 20.1 Å². The Labute approximate surface area is 134 Å². The van der Waals surface area contributed by atoms with Gasteiger partial charge in [-0.15, -0.1) is 0 Å². The number of rotatable bonds is 4. The van der Waals surface area contributed by atoms with Crippen molar-refractivity contribution in [2.45, 2.75) is 18.4 Å². The Kier molecular flexibility index (Phi) is 5.09. The van der Waals surface area contributed by atoms with Crippen molar-refractivity contribution in [3.63, 3.8) is 0 Å². The lowest BCUT2D eigenvalue weighted by Crippen LogP contribution is -2.53. The van der Waals surface area contributed by atoms with E-state index in [1.807, 2.05) is 7.05 Å². The number of non-ortho nitro benzene ring substituents is 1. The summed E-state index contributed by atoms with van der Waals surface area (Å²) in [6.07, 6.45) is 3.96. The molecule has 0 spiro atoms. The zero-order valence-corrected chi connectivity index (χ0v) is 12.9. The minimum atomic E-state index is -0.837. The van der Waals surface area contributed by atoms with Crippen LogP contribution in [0, 0.1) is 21.4 Å². The highest BCUT2D eigenvalue weighted by atomic mass is 16.6. The molecule has 1 N–H and O–H groups in total. The van der Waals surface area contributed by atoms with E-state index in [-0.39, 0.29) is 11.6 Å². The fraction of sp³-hybridized carbons (Fsp3) is 0.375. The standard InChI is InChI=1S/C16H18N4O3/c1-19-9-7-16(12-17,8-10-19)18-15(21)6-5-13-3-2-4-14(11-13)20(22)23/h2-6,11H,7-10H2,1H3,(H,18,21)/b6-5-. The molecule has 1 fully saturated rings. The van der Waals surface area contributed by atoms with Crippen LogP contribution in [0.3, 0.4) is 0 Å². The number of nitro benzene ring substituents is 1. The fourth-order valence-electron chi connectivity index (χ4n) is 2.46. The SMILES string of the molecule is CN1CCC(C#N)(NC(=O)/C=C\c2cccc([N+](=O)[O-])c2)CC1. The molecule has 2 rings (SSSR count). The number of piperidine rings is 1. The molecule has 1 saturated heterocycles. The number of hydrogen-bond acceptors (Lipinski definition) is 5. The third-order valence-corrected chi connectivity index (χ3v) is 3.93. The van der Waals surface area contributed by atoms with Crippen molar-refractivity contribution >= 4 is 17.7 Å². The maximum atomic E-state index is 12.1. The molecule has 1 aromatic carbocycles. The molecule has 7 heteroatoms. The Hall–Kier alpha value is -2.72. The number of benzene rings is 1. The van der Waals surface area contributed by atoms with Crippen LogP contribution in [0.5, 0.6) is 0 Å². The molecular formula is C16H18N4O3. The van der Waals surface area contributed by atoms with Gasteiger partial charge >= 0.3 is 0 Å². The van der Waals surface area contributed by atoms with E-state index in [2.05, 4.69) is 16.3 Å². The molecule has 0 aliphatic carbocycles. The van der Waals surface area contributed by atoms with Gasteiger partial charge in [0.1, 0.15) is 5.54 Å². The summed E-state index contributed by atoms with van der Waals surface area (Å²) in [5.74, 6) is -0.373. The summed E-state index contributed by atoms with van der Waals surface area (Å²) in [4.78, 5) is 24.4. The van der Waals surface area contributed by atoms with E-state index < -0.39 is 10.5 Å². The van der Waals surface area contributed by atoms with E-state index >= 15 is 0 Å². The first-order valence-electron chi connectivity index (χ1n) is 7.29. The van der Waals surface area contributed by atoms with E-state index in [1.54, 1.807) is 12.1 Å². The fourth-order valence-corrected chi connectivity index (χ4v) is 2.46. The van der Waals surface area contributed by atoms with Crippen LogP contribution in [0.25, 0.3) is 6.08 Å². The average Bonchev–Trinajstić information content (AvgIpc) is 2.55. The number of amides is 1. The van der Waals surface area contributed by atoms with Crippen molar-refractivity contribution in [2.24, 2.45) is 0 Å².